The first kappa shape index (κ1) is 14.7. The first-order chi connectivity index (χ1) is 9.51. The zero-order valence-corrected chi connectivity index (χ0v) is 12.6. The summed E-state index contributed by atoms with van der Waals surface area (Å²) in [4.78, 5) is 0. The van der Waals surface area contributed by atoms with E-state index in [0.717, 1.165) is 12.2 Å². The van der Waals surface area contributed by atoms with E-state index in [0.29, 0.717) is 29.0 Å². The van der Waals surface area contributed by atoms with Crippen LogP contribution in [0.3, 0.4) is 0 Å². The first-order valence-electron chi connectivity index (χ1n) is 7.47. The fraction of sp³-hybridized carbons (Fsp3) is 0.588. The minimum Gasteiger partial charge on any atom is -0.490 e. The Kier molecular flexibility index (Phi) is 4.54. The van der Waals surface area contributed by atoms with Gasteiger partial charge in [-0.3, -0.25) is 0 Å². The molecule has 108 valence electrons. The first-order valence-corrected chi connectivity index (χ1v) is 7.47. The molecule has 3 atom stereocenters. The monoisotopic (exact) mass is 272 g/mol. The van der Waals surface area contributed by atoms with Gasteiger partial charge in [-0.25, -0.2) is 0 Å². The van der Waals surface area contributed by atoms with Gasteiger partial charge in [-0.05, 0) is 42.7 Å². The molecule has 20 heavy (non-hydrogen) atoms. The molecule has 2 rings (SSSR count). The number of hydrogen-bond donors (Lipinski definition) is 1. The summed E-state index contributed by atoms with van der Waals surface area (Å²) in [6.07, 6.45) is 3.88. The summed E-state index contributed by atoms with van der Waals surface area (Å²) >= 11 is 0. The van der Waals surface area contributed by atoms with Gasteiger partial charge in [0.15, 0.2) is 0 Å². The van der Waals surface area contributed by atoms with E-state index >= 15 is 0 Å². The third-order valence-corrected chi connectivity index (χ3v) is 4.39. The van der Waals surface area contributed by atoms with Gasteiger partial charge in [0.1, 0.15) is 17.9 Å². The number of ether oxygens (including phenoxy) is 1. The highest BCUT2D eigenvalue weighted by Gasteiger charge is 2.32. The molecule has 0 amide bonds. The number of nitriles is 1. The lowest BCUT2D eigenvalue weighted by Gasteiger charge is -2.37. The van der Waals surface area contributed by atoms with Crippen LogP contribution in [0.1, 0.15) is 45.6 Å². The van der Waals surface area contributed by atoms with Crippen molar-refractivity contribution in [2.75, 3.05) is 5.73 Å². The van der Waals surface area contributed by atoms with Crippen molar-refractivity contribution in [3.63, 3.8) is 0 Å². The van der Waals surface area contributed by atoms with Crippen molar-refractivity contribution in [1.82, 2.24) is 0 Å². The number of nitrogens with two attached hydrogens (primary N) is 1. The van der Waals surface area contributed by atoms with Gasteiger partial charge in [-0.15, -0.1) is 0 Å². The van der Waals surface area contributed by atoms with Crippen molar-refractivity contribution in [1.29, 1.82) is 5.26 Å². The number of hydrogen-bond acceptors (Lipinski definition) is 3. The summed E-state index contributed by atoms with van der Waals surface area (Å²) in [6.45, 7) is 6.83. The minimum absolute atomic E-state index is 0.256. The van der Waals surface area contributed by atoms with Crippen LogP contribution in [0.5, 0.6) is 5.75 Å². The smallest absolute Gasteiger partial charge is 0.121 e. The van der Waals surface area contributed by atoms with Crippen LogP contribution in [0.2, 0.25) is 0 Å². The van der Waals surface area contributed by atoms with Crippen LogP contribution < -0.4 is 10.5 Å². The molecular weight excluding hydrogens is 248 g/mol. The molecular formula is C17H24N2O. The molecule has 3 unspecified atom stereocenters. The highest BCUT2D eigenvalue weighted by Crippen LogP contribution is 2.36. The van der Waals surface area contributed by atoms with Crippen LogP contribution in [0, 0.1) is 29.1 Å². The molecule has 3 heteroatoms. The molecule has 3 nitrogen and oxygen atoms in total. The van der Waals surface area contributed by atoms with Crippen molar-refractivity contribution in [3.05, 3.63) is 23.8 Å². The predicted octanol–water partition coefficient (Wildman–Crippen LogP) is 3.98. The Morgan fingerprint density at radius 2 is 2.10 bits per heavy atom. The second-order valence-corrected chi connectivity index (χ2v) is 6.34. The largest absolute Gasteiger partial charge is 0.490 e. The van der Waals surface area contributed by atoms with Crippen LogP contribution in [0.4, 0.5) is 5.69 Å². The topological polar surface area (TPSA) is 59.0 Å². The fourth-order valence-electron chi connectivity index (χ4n) is 3.14. The Morgan fingerprint density at radius 3 is 2.70 bits per heavy atom. The normalized spacial score (nSPS) is 26.2. The van der Waals surface area contributed by atoms with Gasteiger partial charge >= 0.3 is 0 Å². The van der Waals surface area contributed by atoms with Crippen LogP contribution >= 0.6 is 0 Å². The van der Waals surface area contributed by atoms with E-state index in [2.05, 4.69) is 26.8 Å². The van der Waals surface area contributed by atoms with Gasteiger partial charge in [0.2, 0.25) is 0 Å². The van der Waals surface area contributed by atoms with Crippen molar-refractivity contribution < 1.29 is 4.74 Å². The number of anilines is 1. The van der Waals surface area contributed by atoms with E-state index in [9.17, 15) is 0 Å². The van der Waals surface area contributed by atoms with Crippen molar-refractivity contribution >= 4 is 5.69 Å². The van der Waals surface area contributed by atoms with E-state index in [1.54, 1.807) is 12.1 Å². The zero-order valence-electron chi connectivity index (χ0n) is 12.6. The standard InChI is InChI=1S/C17H24N2O/c1-11(2)15-7-4-12(3)8-17(15)20-14-6-5-13(10-18)16(19)9-14/h5-6,9,11-12,15,17H,4,7-8,19H2,1-3H3. The molecule has 1 aliphatic rings. The number of rotatable bonds is 3. The minimum atomic E-state index is 0.256. The summed E-state index contributed by atoms with van der Waals surface area (Å²) in [6, 6.07) is 7.44. The maximum absolute atomic E-state index is 8.91. The third-order valence-electron chi connectivity index (χ3n) is 4.39. The summed E-state index contributed by atoms with van der Waals surface area (Å²) in [5, 5.41) is 8.91. The quantitative estimate of drug-likeness (QED) is 0.847. The Labute approximate surface area is 121 Å². The molecule has 0 bridgehead atoms. The molecule has 1 fully saturated rings. The summed E-state index contributed by atoms with van der Waals surface area (Å²) < 4.78 is 6.19. The van der Waals surface area contributed by atoms with E-state index in [1.165, 1.54) is 12.8 Å². The molecule has 1 saturated carbocycles. The van der Waals surface area contributed by atoms with Crippen molar-refractivity contribution in [3.8, 4) is 11.8 Å². The SMILES string of the molecule is CC1CCC(C(C)C)C(Oc2ccc(C#N)c(N)c2)C1. The van der Waals surface area contributed by atoms with Gasteiger partial charge in [-0.1, -0.05) is 27.2 Å². The lowest BCUT2D eigenvalue weighted by molar-refractivity contribution is 0.0461. The van der Waals surface area contributed by atoms with Gasteiger partial charge in [-0.2, -0.15) is 5.26 Å². The van der Waals surface area contributed by atoms with Crippen molar-refractivity contribution in [2.24, 2.45) is 17.8 Å². The van der Waals surface area contributed by atoms with E-state index in [1.807, 2.05) is 6.07 Å². The van der Waals surface area contributed by atoms with E-state index in [4.69, 9.17) is 15.7 Å². The Bertz CT molecular complexity index is 504. The summed E-state index contributed by atoms with van der Waals surface area (Å²) in [5.74, 6) is 2.73. The van der Waals surface area contributed by atoms with Crippen LogP contribution in [0.25, 0.3) is 0 Å². The number of nitrogen functional groups attached to an aromatic ring is 1. The predicted molar refractivity (Wildman–Crippen MR) is 81.3 cm³/mol. The van der Waals surface area contributed by atoms with Gasteiger partial charge in [0.05, 0.1) is 11.3 Å². The highest BCUT2D eigenvalue weighted by molar-refractivity contribution is 5.57. The second kappa shape index (κ2) is 6.17. The fourth-order valence-corrected chi connectivity index (χ4v) is 3.14. The molecule has 0 spiro atoms. The molecule has 1 aromatic carbocycles. The van der Waals surface area contributed by atoms with Crippen LogP contribution in [0.15, 0.2) is 18.2 Å². The van der Waals surface area contributed by atoms with Crippen molar-refractivity contribution in [2.45, 2.75) is 46.1 Å². The van der Waals surface area contributed by atoms with Gasteiger partial charge in [0.25, 0.3) is 0 Å². The van der Waals surface area contributed by atoms with Gasteiger partial charge < -0.3 is 10.5 Å². The van der Waals surface area contributed by atoms with E-state index in [-0.39, 0.29) is 6.10 Å². The summed E-state index contributed by atoms with van der Waals surface area (Å²) in [7, 11) is 0. The maximum Gasteiger partial charge on any atom is 0.121 e. The zero-order chi connectivity index (χ0) is 14.7. The Hall–Kier alpha value is -1.69. The Balaban J connectivity index is 2.14. The molecule has 0 aliphatic heterocycles. The molecule has 0 saturated heterocycles. The molecule has 0 heterocycles. The lowest BCUT2D eigenvalue weighted by Crippen LogP contribution is -2.36. The maximum atomic E-state index is 8.91. The molecule has 0 radical (unpaired) electrons. The highest BCUT2D eigenvalue weighted by atomic mass is 16.5. The second-order valence-electron chi connectivity index (χ2n) is 6.34. The third kappa shape index (κ3) is 3.25. The Morgan fingerprint density at radius 1 is 1.35 bits per heavy atom. The molecule has 0 aromatic heterocycles. The number of nitrogens with zero attached hydrogens (tertiary/aromatic N) is 1. The van der Waals surface area contributed by atoms with Crippen LogP contribution in [-0.4, -0.2) is 6.10 Å². The molecule has 1 aliphatic carbocycles. The molecule has 2 N–H and O–H groups in total. The lowest BCUT2D eigenvalue weighted by atomic mass is 9.75. The average Bonchev–Trinajstić information content (AvgIpc) is 2.38. The summed E-state index contributed by atoms with van der Waals surface area (Å²) in [5.41, 5.74) is 6.86. The molecule has 1 aromatic rings. The van der Waals surface area contributed by atoms with Gasteiger partial charge in [0, 0.05) is 6.07 Å². The van der Waals surface area contributed by atoms with Crippen LogP contribution in [-0.2, 0) is 0 Å². The number of benzene rings is 1. The average molecular weight is 272 g/mol. The van der Waals surface area contributed by atoms with E-state index < -0.39 is 0 Å².